The highest BCUT2D eigenvalue weighted by Crippen LogP contribution is 2.40. The van der Waals surface area contributed by atoms with Gasteiger partial charge in [-0.25, -0.2) is 4.79 Å². The predicted molar refractivity (Wildman–Crippen MR) is 138 cm³/mol. The van der Waals surface area contributed by atoms with E-state index >= 15 is 0 Å². The molecule has 2 N–H and O–H groups in total. The fourth-order valence-electron chi connectivity index (χ4n) is 4.34. The van der Waals surface area contributed by atoms with E-state index in [-0.39, 0.29) is 11.5 Å². The molecule has 0 radical (unpaired) electrons. The number of para-hydroxylation sites is 1. The van der Waals surface area contributed by atoms with Crippen molar-refractivity contribution in [2.45, 2.75) is 17.5 Å². The molecule has 2 heterocycles. The first kappa shape index (κ1) is 22.7. The molecule has 0 spiro atoms. The lowest BCUT2D eigenvalue weighted by Crippen LogP contribution is -2.33. The molecule has 0 aliphatic carbocycles. The molecule has 3 aromatic carbocycles. The van der Waals surface area contributed by atoms with Crippen LogP contribution < -0.4 is 16.2 Å². The highest BCUT2D eigenvalue weighted by atomic mass is 32.2. The number of nitrogens with one attached hydrogen (secondary N) is 2. The molecule has 1 aromatic heterocycles. The molecule has 5 rings (SSSR count). The first-order valence-corrected chi connectivity index (χ1v) is 12.1. The molecule has 7 nitrogen and oxygen atoms in total. The largest absolute Gasteiger partial charge is 0.453 e. The number of carbonyl (C=O) groups excluding carboxylic acids is 2. The van der Waals surface area contributed by atoms with E-state index in [1.54, 1.807) is 12.1 Å². The van der Waals surface area contributed by atoms with Crippen molar-refractivity contribution in [3.63, 3.8) is 0 Å². The van der Waals surface area contributed by atoms with Gasteiger partial charge in [-0.1, -0.05) is 60.7 Å². The second kappa shape index (κ2) is 9.68. The van der Waals surface area contributed by atoms with E-state index in [1.807, 2.05) is 60.7 Å². The summed E-state index contributed by atoms with van der Waals surface area (Å²) in [4.78, 5) is 38.6. The number of hydrogen-bond donors (Lipinski definition) is 2. The Labute approximate surface area is 206 Å². The number of carbonyl (C=O) groups is 2. The summed E-state index contributed by atoms with van der Waals surface area (Å²) < 4.78 is 6.31. The third kappa shape index (κ3) is 4.52. The van der Waals surface area contributed by atoms with Gasteiger partial charge in [0.05, 0.1) is 12.8 Å². The van der Waals surface area contributed by atoms with Gasteiger partial charge in [0.2, 0.25) is 5.91 Å². The molecule has 1 aliphatic heterocycles. The van der Waals surface area contributed by atoms with Crippen molar-refractivity contribution < 1.29 is 14.3 Å². The number of hydrogen-bond acceptors (Lipinski definition) is 5. The zero-order valence-corrected chi connectivity index (χ0v) is 19.8. The number of thioether (sulfide) groups is 1. The summed E-state index contributed by atoms with van der Waals surface area (Å²) in [5, 5.41) is 8.38. The lowest BCUT2D eigenvalue weighted by atomic mass is 9.98. The van der Waals surface area contributed by atoms with Gasteiger partial charge in [0.15, 0.2) is 0 Å². The molecule has 0 saturated heterocycles. The quantitative estimate of drug-likeness (QED) is 0.413. The summed E-state index contributed by atoms with van der Waals surface area (Å²) in [7, 11) is 1.29. The highest BCUT2D eigenvalue weighted by molar-refractivity contribution is 7.99. The fraction of sp³-hybridized carbons (Fsp3) is 0.148. The Morgan fingerprint density at radius 3 is 2.51 bits per heavy atom. The number of aromatic nitrogens is 1. The van der Waals surface area contributed by atoms with Crippen molar-refractivity contribution in [1.29, 1.82) is 0 Å². The topological polar surface area (TPSA) is 89.4 Å². The number of rotatable bonds is 5. The first-order chi connectivity index (χ1) is 17.0. The summed E-state index contributed by atoms with van der Waals surface area (Å²) >= 11 is 1.37. The predicted octanol–water partition coefficient (Wildman–Crippen LogP) is 5.06. The van der Waals surface area contributed by atoms with Gasteiger partial charge >= 0.3 is 6.09 Å². The van der Waals surface area contributed by atoms with Crippen molar-refractivity contribution in [3.8, 4) is 0 Å². The summed E-state index contributed by atoms with van der Waals surface area (Å²) in [6, 6.07) is 24.0. The molecule has 1 aliphatic rings. The first-order valence-electron chi connectivity index (χ1n) is 11.1. The van der Waals surface area contributed by atoms with Crippen molar-refractivity contribution >= 4 is 45.9 Å². The van der Waals surface area contributed by atoms with Crippen molar-refractivity contribution in [3.05, 3.63) is 100 Å². The maximum Gasteiger partial charge on any atom is 0.411 e. The molecule has 35 heavy (non-hydrogen) atoms. The molecule has 1 atom stereocenters. The van der Waals surface area contributed by atoms with Crippen LogP contribution in [0.15, 0.2) is 88.7 Å². The van der Waals surface area contributed by atoms with Crippen LogP contribution in [0.5, 0.6) is 0 Å². The fourth-order valence-corrected chi connectivity index (χ4v) is 5.63. The number of methoxy groups -OCH3 is 1. The minimum absolute atomic E-state index is 0.282. The third-order valence-corrected chi connectivity index (χ3v) is 7.15. The van der Waals surface area contributed by atoms with E-state index in [0.29, 0.717) is 34.1 Å². The number of amides is 2. The number of fused-ring (bicyclic) bond motifs is 2. The Morgan fingerprint density at radius 2 is 1.71 bits per heavy atom. The Hall–Kier alpha value is -4.04. The van der Waals surface area contributed by atoms with Crippen LogP contribution in [-0.2, 0) is 16.0 Å². The van der Waals surface area contributed by atoms with Gasteiger partial charge in [0, 0.05) is 23.9 Å². The maximum atomic E-state index is 13.3. The van der Waals surface area contributed by atoms with E-state index in [0.717, 1.165) is 16.3 Å². The van der Waals surface area contributed by atoms with E-state index in [2.05, 4.69) is 10.6 Å². The Bertz CT molecular complexity index is 1480. The van der Waals surface area contributed by atoms with Crippen LogP contribution in [0.4, 0.5) is 16.2 Å². The minimum Gasteiger partial charge on any atom is -0.453 e. The van der Waals surface area contributed by atoms with Gasteiger partial charge < -0.3 is 10.1 Å². The molecular weight excluding hydrogens is 462 g/mol. The zero-order valence-electron chi connectivity index (χ0n) is 19.0. The molecule has 0 fully saturated rings. The van der Waals surface area contributed by atoms with Crippen molar-refractivity contribution in [2.24, 2.45) is 0 Å². The average molecular weight is 486 g/mol. The zero-order chi connectivity index (χ0) is 24.4. The lowest BCUT2D eigenvalue weighted by Gasteiger charge is -2.18. The van der Waals surface area contributed by atoms with Crippen LogP contribution in [0.3, 0.4) is 0 Å². The van der Waals surface area contributed by atoms with Crippen molar-refractivity contribution in [1.82, 2.24) is 4.57 Å². The van der Waals surface area contributed by atoms with Gasteiger partial charge in [-0.3, -0.25) is 19.5 Å². The van der Waals surface area contributed by atoms with E-state index in [1.165, 1.54) is 29.5 Å². The summed E-state index contributed by atoms with van der Waals surface area (Å²) in [5.74, 6) is 0.0944. The van der Waals surface area contributed by atoms with E-state index in [4.69, 9.17) is 4.74 Å². The molecule has 8 heteroatoms. The second-order valence-electron chi connectivity index (χ2n) is 8.17. The number of ether oxygens (including phenoxy) is 1. The van der Waals surface area contributed by atoms with Gasteiger partial charge in [-0.05, 0) is 34.0 Å². The maximum absolute atomic E-state index is 13.3. The minimum atomic E-state index is -0.701. The number of pyridine rings is 1. The average Bonchev–Trinajstić information content (AvgIpc) is 3.33. The standard InChI is InChI=1S/C27H23N3O4S/c1-34-27(33)29-24-19(14-18-10-7-9-17-8-5-6-13-21(17)18)15-23(31)30-22(16-35-26(24)30)25(32)28-20-11-3-2-4-12-20/h2-13,15,22H,14,16H2,1H3,(H,28,32)(H,29,33)/t22-/m0/s1. The summed E-state index contributed by atoms with van der Waals surface area (Å²) in [6.07, 6.45) is -0.200. The smallest absolute Gasteiger partial charge is 0.411 e. The van der Waals surface area contributed by atoms with Crippen LogP contribution in [0.2, 0.25) is 0 Å². The van der Waals surface area contributed by atoms with Crippen molar-refractivity contribution in [2.75, 3.05) is 23.5 Å². The summed E-state index contributed by atoms with van der Waals surface area (Å²) in [6.45, 7) is 0. The van der Waals surface area contributed by atoms with E-state index < -0.39 is 12.1 Å². The Balaban J connectivity index is 1.56. The van der Waals surface area contributed by atoms with Crippen LogP contribution in [0, 0.1) is 0 Å². The van der Waals surface area contributed by atoms with Gasteiger partial charge in [0.25, 0.3) is 5.56 Å². The third-order valence-electron chi connectivity index (χ3n) is 6.00. The van der Waals surface area contributed by atoms with E-state index in [9.17, 15) is 14.4 Å². The molecular formula is C27H23N3O4S. The van der Waals surface area contributed by atoms with Crippen LogP contribution in [0.25, 0.3) is 10.8 Å². The monoisotopic (exact) mass is 485 g/mol. The number of benzene rings is 3. The summed E-state index contributed by atoms with van der Waals surface area (Å²) in [5.41, 5.74) is 2.55. The van der Waals surface area contributed by atoms with Gasteiger partial charge in [-0.15, -0.1) is 11.8 Å². The SMILES string of the molecule is COC(=O)Nc1c(Cc2cccc3ccccc23)cc(=O)n2c1SC[C@H]2C(=O)Nc1ccccc1. The van der Waals surface area contributed by atoms with Crippen LogP contribution in [0.1, 0.15) is 17.2 Å². The number of anilines is 2. The van der Waals surface area contributed by atoms with Crippen LogP contribution in [-0.4, -0.2) is 29.4 Å². The highest BCUT2D eigenvalue weighted by Gasteiger charge is 2.33. The second-order valence-corrected chi connectivity index (χ2v) is 9.18. The molecule has 0 bridgehead atoms. The molecule has 176 valence electrons. The lowest BCUT2D eigenvalue weighted by molar-refractivity contribution is -0.118. The molecule has 4 aromatic rings. The normalized spacial score (nSPS) is 14.4. The molecule has 0 saturated carbocycles. The van der Waals surface area contributed by atoms with Gasteiger partial charge in [0.1, 0.15) is 11.1 Å². The Morgan fingerprint density at radius 1 is 0.971 bits per heavy atom. The number of nitrogens with zero attached hydrogens (tertiary/aromatic N) is 1. The molecule has 2 amide bonds. The van der Waals surface area contributed by atoms with Gasteiger partial charge in [-0.2, -0.15) is 0 Å². The Kier molecular flexibility index (Phi) is 6.29. The molecule has 0 unspecified atom stereocenters. The van der Waals surface area contributed by atoms with Crippen LogP contribution >= 0.6 is 11.8 Å².